The second-order valence-electron chi connectivity index (χ2n) is 6.14. The fourth-order valence-electron chi connectivity index (χ4n) is 2.60. The number of imidazole rings is 1. The molecule has 0 radical (unpaired) electrons. The van der Waals surface area contributed by atoms with Gasteiger partial charge in [-0.3, -0.25) is 4.98 Å². The average molecular weight is 360 g/mol. The largest absolute Gasteiger partial charge is 0.416 e. The molecule has 26 heavy (non-hydrogen) atoms. The summed E-state index contributed by atoms with van der Waals surface area (Å²) in [6.45, 7) is 2.07. The van der Waals surface area contributed by atoms with Crippen LogP contribution in [0.25, 0.3) is 11.4 Å². The molecule has 2 heterocycles. The molecule has 4 nitrogen and oxygen atoms in total. The number of likely N-dealkylation sites (N-methyl/N-ethyl adjacent to an activating group) is 1. The Labute approximate surface area is 149 Å². The van der Waals surface area contributed by atoms with Crippen molar-refractivity contribution in [2.45, 2.75) is 19.3 Å². The Morgan fingerprint density at radius 3 is 2.42 bits per heavy atom. The third-order valence-corrected chi connectivity index (χ3v) is 4.03. The summed E-state index contributed by atoms with van der Waals surface area (Å²) in [6.07, 6.45) is 1.13. The second-order valence-corrected chi connectivity index (χ2v) is 6.14. The van der Waals surface area contributed by atoms with Gasteiger partial charge < -0.3 is 9.47 Å². The predicted molar refractivity (Wildman–Crippen MR) is 93.2 cm³/mol. The molecular weight excluding hydrogens is 341 g/mol. The highest BCUT2D eigenvalue weighted by Gasteiger charge is 2.29. The van der Waals surface area contributed by atoms with Crippen LogP contribution >= 0.6 is 0 Å². The minimum Gasteiger partial charge on any atom is -0.335 e. The predicted octanol–water partition coefficient (Wildman–Crippen LogP) is 4.10. The maximum atomic E-state index is 12.6. The minimum atomic E-state index is -4.29. The lowest BCUT2D eigenvalue weighted by atomic mass is 10.1. The van der Waals surface area contributed by atoms with Crippen molar-refractivity contribution in [3.63, 3.8) is 0 Å². The molecule has 3 rings (SSSR count). The summed E-state index contributed by atoms with van der Waals surface area (Å²) in [4.78, 5) is 10.7. The number of nitrogens with zero attached hydrogens (tertiary/aromatic N) is 4. The van der Waals surface area contributed by atoms with Crippen molar-refractivity contribution in [3.05, 3.63) is 72.3 Å². The Kier molecular flexibility index (Phi) is 5.37. The van der Waals surface area contributed by atoms with Crippen LogP contribution in [0, 0.1) is 0 Å². The molecule has 0 saturated heterocycles. The fraction of sp³-hybridized carbons (Fsp3) is 0.263. The highest BCUT2D eigenvalue weighted by molar-refractivity contribution is 5.52. The molecule has 136 valence electrons. The average Bonchev–Trinajstić information content (AvgIpc) is 3.09. The van der Waals surface area contributed by atoms with Crippen molar-refractivity contribution >= 4 is 0 Å². The summed E-state index contributed by atoms with van der Waals surface area (Å²) < 4.78 is 39.8. The van der Waals surface area contributed by atoms with Crippen LogP contribution in [0.3, 0.4) is 0 Å². The smallest absolute Gasteiger partial charge is 0.335 e. The van der Waals surface area contributed by atoms with Gasteiger partial charge in [0.05, 0.1) is 17.6 Å². The molecular formula is C19H19F3N4. The van der Waals surface area contributed by atoms with Gasteiger partial charge >= 0.3 is 6.18 Å². The number of hydrogen-bond acceptors (Lipinski definition) is 3. The highest BCUT2D eigenvalue weighted by Crippen LogP contribution is 2.29. The van der Waals surface area contributed by atoms with Gasteiger partial charge in [0.2, 0.25) is 0 Å². The molecule has 0 aliphatic rings. The van der Waals surface area contributed by atoms with E-state index in [2.05, 4.69) is 14.9 Å². The van der Waals surface area contributed by atoms with Crippen LogP contribution < -0.4 is 0 Å². The van der Waals surface area contributed by atoms with Gasteiger partial charge in [-0.2, -0.15) is 13.2 Å². The number of aromatic nitrogens is 3. The molecule has 0 amide bonds. The quantitative estimate of drug-likeness (QED) is 0.664. The van der Waals surface area contributed by atoms with Crippen LogP contribution in [0.15, 0.2) is 61.2 Å². The van der Waals surface area contributed by atoms with E-state index < -0.39 is 11.7 Å². The summed E-state index contributed by atoms with van der Waals surface area (Å²) in [5.74, 6) is 0. The molecule has 0 fully saturated rings. The van der Waals surface area contributed by atoms with Crippen LogP contribution in [-0.2, 0) is 19.3 Å². The van der Waals surface area contributed by atoms with Gasteiger partial charge in [0.15, 0.2) is 0 Å². The molecule has 7 heteroatoms. The Bertz CT molecular complexity index is 826. The molecule has 0 N–H and O–H groups in total. The Balaban J connectivity index is 1.53. The van der Waals surface area contributed by atoms with Gasteiger partial charge in [-0.05, 0) is 36.9 Å². The number of hydrogen-bond donors (Lipinski definition) is 0. The molecule has 1 aromatic carbocycles. The Morgan fingerprint density at radius 1 is 1.00 bits per heavy atom. The molecule has 2 aromatic heterocycles. The van der Waals surface area contributed by atoms with Crippen molar-refractivity contribution in [1.82, 2.24) is 19.4 Å². The molecule has 0 atom stereocenters. The van der Waals surface area contributed by atoms with Gasteiger partial charge in [-0.25, -0.2) is 4.98 Å². The van der Waals surface area contributed by atoms with Crippen LogP contribution in [0.4, 0.5) is 13.2 Å². The highest BCUT2D eigenvalue weighted by atomic mass is 19.4. The number of rotatable bonds is 6. The number of pyridine rings is 1. The van der Waals surface area contributed by atoms with Gasteiger partial charge in [-0.15, -0.1) is 0 Å². The standard InChI is InChI=1S/C19H19F3N4/c1-25(12-15-5-7-16(8-6-15)19(20,21)22)10-11-26-13-18(24-14-26)17-4-2-3-9-23-17/h2-9,13-14H,10-12H2,1H3. The van der Waals surface area contributed by atoms with Gasteiger partial charge in [-0.1, -0.05) is 18.2 Å². The van der Waals surface area contributed by atoms with Crippen LogP contribution in [0.1, 0.15) is 11.1 Å². The minimum absolute atomic E-state index is 0.583. The second kappa shape index (κ2) is 7.70. The van der Waals surface area contributed by atoms with E-state index in [-0.39, 0.29) is 0 Å². The van der Waals surface area contributed by atoms with E-state index in [1.54, 1.807) is 12.5 Å². The third-order valence-electron chi connectivity index (χ3n) is 4.03. The lowest BCUT2D eigenvalue weighted by molar-refractivity contribution is -0.137. The first-order chi connectivity index (χ1) is 12.4. The first kappa shape index (κ1) is 18.1. The maximum absolute atomic E-state index is 12.6. The Morgan fingerprint density at radius 2 is 1.77 bits per heavy atom. The SMILES string of the molecule is CN(CCn1cnc(-c2ccccn2)c1)Cc1ccc(C(F)(F)F)cc1. The Hall–Kier alpha value is -2.67. The van der Waals surface area contributed by atoms with Gasteiger partial charge in [0.1, 0.15) is 5.69 Å². The van der Waals surface area contributed by atoms with E-state index in [4.69, 9.17) is 0 Å². The van der Waals surface area contributed by atoms with Crippen molar-refractivity contribution in [2.75, 3.05) is 13.6 Å². The first-order valence-corrected chi connectivity index (χ1v) is 8.20. The van der Waals surface area contributed by atoms with Crippen molar-refractivity contribution < 1.29 is 13.2 Å². The molecule has 0 saturated carbocycles. The molecule has 3 aromatic rings. The molecule has 0 spiro atoms. The number of alkyl halides is 3. The van der Waals surface area contributed by atoms with Gasteiger partial charge in [0.25, 0.3) is 0 Å². The van der Waals surface area contributed by atoms with E-state index >= 15 is 0 Å². The van der Waals surface area contributed by atoms with Crippen LogP contribution in [0.2, 0.25) is 0 Å². The summed E-state index contributed by atoms with van der Waals surface area (Å²) in [5.41, 5.74) is 1.87. The number of halogens is 3. The molecule has 0 bridgehead atoms. The maximum Gasteiger partial charge on any atom is 0.416 e. The van der Waals surface area contributed by atoms with Crippen molar-refractivity contribution in [2.24, 2.45) is 0 Å². The van der Waals surface area contributed by atoms with E-state index in [0.29, 0.717) is 6.54 Å². The number of benzene rings is 1. The zero-order valence-electron chi connectivity index (χ0n) is 14.3. The van der Waals surface area contributed by atoms with Gasteiger partial charge in [0, 0.05) is 32.0 Å². The zero-order valence-corrected chi connectivity index (χ0v) is 14.3. The van der Waals surface area contributed by atoms with Crippen LogP contribution in [0.5, 0.6) is 0 Å². The fourth-order valence-corrected chi connectivity index (χ4v) is 2.60. The van der Waals surface area contributed by atoms with E-state index in [1.165, 1.54) is 12.1 Å². The monoisotopic (exact) mass is 360 g/mol. The van der Waals surface area contributed by atoms with Crippen LogP contribution in [-0.4, -0.2) is 33.0 Å². The third kappa shape index (κ3) is 4.70. The summed E-state index contributed by atoms with van der Waals surface area (Å²) in [5, 5.41) is 0. The van der Waals surface area contributed by atoms with E-state index in [9.17, 15) is 13.2 Å². The zero-order chi connectivity index (χ0) is 18.6. The van der Waals surface area contributed by atoms with E-state index in [1.807, 2.05) is 36.0 Å². The normalized spacial score (nSPS) is 11.9. The lowest BCUT2D eigenvalue weighted by Gasteiger charge is -2.17. The summed E-state index contributed by atoms with van der Waals surface area (Å²) >= 11 is 0. The first-order valence-electron chi connectivity index (χ1n) is 8.20. The van der Waals surface area contributed by atoms with Crippen molar-refractivity contribution in [3.8, 4) is 11.4 Å². The molecule has 0 aliphatic carbocycles. The summed E-state index contributed by atoms with van der Waals surface area (Å²) in [6, 6.07) is 11.0. The molecule has 0 unspecified atom stereocenters. The molecule has 0 aliphatic heterocycles. The van der Waals surface area contributed by atoms with E-state index in [0.717, 1.165) is 42.2 Å². The van der Waals surface area contributed by atoms with Crippen molar-refractivity contribution in [1.29, 1.82) is 0 Å². The summed E-state index contributed by atoms with van der Waals surface area (Å²) in [7, 11) is 1.94. The lowest BCUT2D eigenvalue weighted by Crippen LogP contribution is -2.22. The topological polar surface area (TPSA) is 34.0 Å².